The summed E-state index contributed by atoms with van der Waals surface area (Å²) in [5.41, 5.74) is 4.53. The molecule has 0 saturated heterocycles. The van der Waals surface area contributed by atoms with Crippen LogP contribution in [-0.4, -0.2) is 30.6 Å². The predicted molar refractivity (Wildman–Crippen MR) is 88.7 cm³/mol. The van der Waals surface area contributed by atoms with Gasteiger partial charge in [0.05, 0.1) is 0 Å². The van der Waals surface area contributed by atoms with E-state index in [2.05, 4.69) is 33.3 Å². The van der Waals surface area contributed by atoms with Crippen LogP contribution in [0.5, 0.6) is 0 Å². The lowest BCUT2D eigenvalue weighted by atomic mass is 10.0. The van der Waals surface area contributed by atoms with Crippen molar-refractivity contribution in [1.82, 2.24) is 24.6 Å². The summed E-state index contributed by atoms with van der Waals surface area (Å²) in [6.07, 6.45) is 4.94. The molecule has 3 heterocycles. The molecule has 1 aliphatic heterocycles. The number of pyridine rings is 1. The Morgan fingerprint density at radius 3 is 2.68 bits per heavy atom. The van der Waals surface area contributed by atoms with Crippen LogP contribution in [0.4, 0.5) is 0 Å². The molecule has 0 bridgehead atoms. The predicted octanol–water partition coefficient (Wildman–Crippen LogP) is 1.75. The van der Waals surface area contributed by atoms with E-state index in [0.29, 0.717) is 13.1 Å². The maximum Gasteiger partial charge on any atom is 0.252 e. The second kappa shape index (κ2) is 6.17. The van der Waals surface area contributed by atoms with E-state index in [1.807, 2.05) is 18.2 Å². The number of aromatic nitrogens is 4. The first-order chi connectivity index (χ1) is 12.2. The number of nitriles is 1. The van der Waals surface area contributed by atoms with Crippen molar-refractivity contribution in [2.75, 3.05) is 0 Å². The lowest BCUT2D eigenvalue weighted by Crippen LogP contribution is -2.29. The van der Waals surface area contributed by atoms with Crippen LogP contribution in [0.3, 0.4) is 0 Å². The second-order valence-electron chi connectivity index (χ2n) is 5.85. The van der Waals surface area contributed by atoms with Gasteiger partial charge in [-0.2, -0.15) is 5.26 Å². The molecule has 1 aliphatic rings. The average molecular weight is 330 g/mol. The minimum atomic E-state index is -0.0453. The molecular formula is C18H14N6O. The summed E-state index contributed by atoms with van der Waals surface area (Å²) in [4.78, 5) is 22.1. The zero-order chi connectivity index (χ0) is 17.2. The highest BCUT2D eigenvalue weighted by atomic mass is 16.2. The Morgan fingerprint density at radius 1 is 1.12 bits per heavy atom. The molecule has 2 aromatic heterocycles. The van der Waals surface area contributed by atoms with Crippen LogP contribution in [0.15, 0.2) is 49.1 Å². The Balaban J connectivity index is 1.49. The highest BCUT2D eigenvalue weighted by molar-refractivity contribution is 5.77. The Hall–Kier alpha value is -3.53. The van der Waals surface area contributed by atoms with Crippen LogP contribution in [0.25, 0.3) is 11.1 Å². The van der Waals surface area contributed by atoms with E-state index in [-0.39, 0.29) is 18.3 Å². The van der Waals surface area contributed by atoms with Crippen molar-refractivity contribution in [1.29, 1.82) is 5.26 Å². The van der Waals surface area contributed by atoms with Crippen LogP contribution in [-0.2, 0) is 24.4 Å². The molecule has 1 aromatic carbocycles. The number of hydrogen-bond donors (Lipinski definition) is 0. The van der Waals surface area contributed by atoms with Crippen LogP contribution in [0, 0.1) is 11.3 Å². The Labute approximate surface area is 144 Å². The van der Waals surface area contributed by atoms with E-state index in [0.717, 1.165) is 22.3 Å². The molecule has 0 unspecified atom stereocenters. The van der Waals surface area contributed by atoms with Crippen LogP contribution >= 0.6 is 0 Å². The first kappa shape index (κ1) is 15.0. The van der Waals surface area contributed by atoms with Gasteiger partial charge in [-0.15, -0.1) is 5.10 Å². The fourth-order valence-corrected chi connectivity index (χ4v) is 2.96. The van der Waals surface area contributed by atoms with Gasteiger partial charge in [-0.25, -0.2) is 9.67 Å². The van der Waals surface area contributed by atoms with Crippen molar-refractivity contribution in [2.24, 2.45) is 0 Å². The number of benzene rings is 1. The molecule has 4 rings (SSSR count). The van der Waals surface area contributed by atoms with Crippen LogP contribution in [0.2, 0.25) is 0 Å². The number of carbonyl (C=O) groups is 1. The number of carbonyl (C=O) groups excluding carboxylic acids is 1. The number of amides is 1. The molecule has 25 heavy (non-hydrogen) atoms. The van der Waals surface area contributed by atoms with E-state index in [1.165, 1.54) is 11.0 Å². The van der Waals surface area contributed by atoms with E-state index >= 15 is 0 Å². The van der Waals surface area contributed by atoms with Crippen molar-refractivity contribution in [3.8, 4) is 17.2 Å². The maximum atomic E-state index is 12.5. The minimum absolute atomic E-state index is 0.0453. The zero-order valence-corrected chi connectivity index (χ0v) is 13.3. The zero-order valence-electron chi connectivity index (χ0n) is 13.3. The fraction of sp³-hybridized carbons (Fsp3) is 0.167. The van der Waals surface area contributed by atoms with Crippen LogP contribution < -0.4 is 0 Å². The Morgan fingerprint density at radius 2 is 1.92 bits per heavy atom. The average Bonchev–Trinajstić information content (AvgIpc) is 3.28. The van der Waals surface area contributed by atoms with E-state index in [9.17, 15) is 4.79 Å². The van der Waals surface area contributed by atoms with Crippen molar-refractivity contribution in [3.05, 3.63) is 66.0 Å². The van der Waals surface area contributed by atoms with Gasteiger partial charge in [-0.1, -0.05) is 12.1 Å². The van der Waals surface area contributed by atoms with Crippen molar-refractivity contribution in [3.63, 3.8) is 0 Å². The maximum absolute atomic E-state index is 12.5. The smallest absolute Gasteiger partial charge is 0.252 e. The monoisotopic (exact) mass is 330 g/mol. The molecule has 0 N–H and O–H groups in total. The quantitative estimate of drug-likeness (QED) is 0.730. The van der Waals surface area contributed by atoms with Crippen molar-refractivity contribution in [2.45, 2.75) is 19.6 Å². The molecule has 7 nitrogen and oxygen atoms in total. The standard InChI is InChI=1S/C18H14N6O/c19-8-17-21-12-24(22-17)11-18(25)23-9-15-2-1-14(7-16(15)10-23)13-3-5-20-6-4-13/h1-7,12H,9-11H2. The summed E-state index contributed by atoms with van der Waals surface area (Å²) >= 11 is 0. The third-order valence-electron chi connectivity index (χ3n) is 4.23. The summed E-state index contributed by atoms with van der Waals surface area (Å²) in [5.74, 6) is 0.0237. The summed E-state index contributed by atoms with van der Waals surface area (Å²) < 4.78 is 1.40. The van der Waals surface area contributed by atoms with Crippen LogP contribution in [0.1, 0.15) is 17.0 Å². The molecule has 0 aliphatic carbocycles. The number of nitrogens with zero attached hydrogens (tertiary/aromatic N) is 6. The normalized spacial score (nSPS) is 12.7. The summed E-state index contributed by atoms with van der Waals surface area (Å²) in [6.45, 7) is 1.25. The van der Waals surface area contributed by atoms with Crippen molar-refractivity contribution < 1.29 is 4.79 Å². The van der Waals surface area contributed by atoms with Gasteiger partial charge in [0, 0.05) is 25.5 Å². The molecular weight excluding hydrogens is 316 g/mol. The third-order valence-corrected chi connectivity index (χ3v) is 4.23. The van der Waals surface area contributed by atoms with Gasteiger partial charge in [-0.05, 0) is 40.5 Å². The number of rotatable bonds is 3. The molecule has 122 valence electrons. The van der Waals surface area contributed by atoms with E-state index in [1.54, 1.807) is 17.3 Å². The van der Waals surface area contributed by atoms with Gasteiger partial charge in [0.15, 0.2) is 0 Å². The highest BCUT2D eigenvalue weighted by Gasteiger charge is 2.24. The fourth-order valence-electron chi connectivity index (χ4n) is 2.96. The molecule has 0 atom stereocenters. The Kier molecular flexibility index (Phi) is 3.71. The summed E-state index contributed by atoms with van der Waals surface area (Å²) in [5, 5.41) is 12.7. The van der Waals surface area contributed by atoms with Gasteiger partial charge in [0.25, 0.3) is 5.82 Å². The molecule has 1 amide bonds. The summed E-state index contributed by atoms with van der Waals surface area (Å²) in [7, 11) is 0. The number of fused-ring (bicyclic) bond motifs is 1. The first-order valence-electron chi connectivity index (χ1n) is 7.82. The largest absolute Gasteiger partial charge is 0.332 e. The number of hydrogen-bond acceptors (Lipinski definition) is 5. The first-order valence-corrected chi connectivity index (χ1v) is 7.82. The summed E-state index contributed by atoms with van der Waals surface area (Å²) in [6, 6.07) is 12.1. The lowest BCUT2D eigenvalue weighted by Gasteiger charge is -2.14. The van der Waals surface area contributed by atoms with Gasteiger partial charge in [-0.3, -0.25) is 9.78 Å². The second-order valence-corrected chi connectivity index (χ2v) is 5.85. The van der Waals surface area contributed by atoms with Gasteiger partial charge in [0.1, 0.15) is 18.9 Å². The molecule has 3 aromatic rings. The molecule has 0 saturated carbocycles. The van der Waals surface area contributed by atoms with Gasteiger partial charge >= 0.3 is 0 Å². The Bertz CT molecular complexity index is 973. The highest BCUT2D eigenvalue weighted by Crippen LogP contribution is 2.28. The molecule has 7 heteroatoms. The van der Waals surface area contributed by atoms with Gasteiger partial charge < -0.3 is 4.90 Å². The van der Waals surface area contributed by atoms with Crippen molar-refractivity contribution >= 4 is 5.91 Å². The molecule has 0 spiro atoms. The van der Waals surface area contributed by atoms with E-state index in [4.69, 9.17) is 5.26 Å². The SMILES string of the molecule is N#Cc1ncn(CC(=O)N2Cc3ccc(-c4ccncc4)cc3C2)n1. The van der Waals surface area contributed by atoms with Gasteiger partial charge in [0.2, 0.25) is 5.91 Å². The van der Waals surface area contributed by atoms with E-state index < -0.39 is 0 Å². The molecule has 0 radical (unpaired) electrons. The molecule has 0 fully saturated rings. The third kappa shape index (κ3) is 2.97. The lowest BCUT2D eigenvalue weighted by molar-refractivity contribution is -0.132. The topological polar surface area (TPSA) is 87.7 Å². The minimum Gasteiger partial charge on any atom is -0.332 e.